The molecule has 3 rings (SSSR count). The van der Waals surface area contributed by atoms with Crippen LogP contribution in [0, 0.1) is 0 Å². The summed E-state index contributed by atoms with van der Waals surface area (Å²) in [4.78, 5) is 16.4. The third-order valence-electron chi connectivity index (χ3n) is 3.26. The Bertz CT molecular complexity index is 601. The SMILES string of the molecule is Cl.O=C(CC1CSCCN1)Nc1cccc(-c2nccs2)c1. The predicted octanol–water partition coefficient (Wildman–Crippen LogP) is 3.27. The van der Waals surface area contributed by atoms with E-state index in [1.54, 1.807) is 17.5 Å². The van der Waals surface area contributed by atoms with Gasteiger partial charge in [-0.2, -0.15) is 11.8 Å². The van der Waals surface area contributed by atoms with Gasteiger partial charge in [0.15, 0.2) is 0 Å². The third kappa shape index (κ3) is 4.71. The summed E-state index contributed by atoms with van der Waals surface area (Å²) in [5.41, 5.74) is 1.87. The van der Waals surface area contributed by atoms with E-state index in [-0.39, 0.29) is 24.4 Å². The van der Waals surface area contributed by atoms with Gasteiger partial charge in [-0.05, 0) is 12.1 Å². The molecule has 1 aromatic carbocycles. The summed E-state index contributed by atoms with van der Waals surface area (Å²) in [6.45, 7) is 0.988. The maximum atomic E-state index is 12.1. The smallest absolute Gasteiger partial charge is 0.225 e. The number of amides is 1. The topological polar surface area (TPSA) is 54.0 Å². The predicted molar refractivity (Wildman–Crippen MR) is 97.2 cm³/mol. The lowest BCUT2D eigenvalue weighted by Gasteiger charge is -2.22. The Balaban J connectivity index is 0.00000176. The molecule has 0 aliphatic carbocycles. The average molecular weight is 356 g/mol. The van der Waals surface area contributed by atoms with Gasteiger partial charge in [-0.25, -0.2) is 4.98 Å². The minimum Gasteiger partial charge on any atom is -0.326 e. The van der Waals surface area contributed by atoms with E-state index in [4.69, 9.17) is 0 Å². The number of nitrogens with zero attached hydrogens (tertiary/aromatic N) is 1. The summed E-state index contributed by atoms with van der Waals surface area (Å²) in [6.07, 6.45) is 2.31. The highest BCUT2D eigenvalue weighted by Gasteiger charge is 2.16. The van der Waals surface area contributed by atoms with Crippen LogP contribution in [0.4, 0.5) is 5.69 Å². The zero-order chi connectivity index (χ0) is 14.5. The lowest BCUT2D eigenvalue weighted by molar-refractivity contribution is -0.116. The molecule has 2 N–H and O–H groups in total. The van der Waals surface area contributed by atoms with E-state index in [0.717, 1.165) is 34.3 Å². The van der Waals surface area contributed by atoms with Crippen LogP contribution >= 0.6 is 35.5 Å². The molecule has 2 aromatic rings. The van der Waals surface area contributed by atoms with E-state index in [2.05, 4.69) is 15.6 Å². The Hall–Kier alpha value is -1.08. The number of benzene rings is 1. The number of anilines is 1. The van der Waals surface area contributed by atoms with E-state index in [1.165, 1.54) is 0 Å². The van der Waals surface area contributed by atoms with Crippen molar-refractivity contribution in [3.63, 3.8) is 0 Å². The number of hydrogen-bond donors (Lipinski definition) is 2. The van der Waals surface area contributed by atoms with Crippen LogP contribution < -0.4 is 10.6 Å². The molecule has 1 aromatic heterocycles. The number of nitrogens with one attached hydrogen (secondary N) is 2. The van der Waals surface area contributed by atoms with Gasteiger partial charge >= 0.3 is 0 Å². The second-order valence-corrected chi connectivity index (χ2v) is 6.94. The first kappa shape index (κ1) is 17.3. The van der Waals surface area contributed by atoms with E-state index < -0.39 is 0 Å². The first-order chi connectivity index (χ1) is 10.3. The molecule has 4 nitrogen and oxygen atoms in total. The number of carbonyl (C=O) groups is 1. The van der Waals surface area contributed by atoms with Crippen LogP contribution in [0.2, 0.25) is 0 Å². The first-order valence-corrected chi connectivity index (χ1v) is 8.95. The molecule has 1 atom stereocenters. The maximum Gasteiger partial charge on any atom is 0.225 e. The van der Waals surface area contributed by atoms with E-state index >= 15 is 0 Å². The summed E-state index contributed by atoms with van der Waals surface area (Å²) >= 11 is 3.50. The van der Waals surface area contributed by atoms with Gasteiger partial charge in [0, 0.05) is 53.3 Å². The van der Waals surface area contributed by atoms with Crippen LogP contribution in [0.15, 0.2) is 35.8 Å². The number of carbonyl (C=O) groups excluding carboxylic acids is 1. The van der Waals surface area contributed by atoms with Crippen molar-refractivity contribution in [2.24, 2.45) is 0 Å². The van der Waals surface area contributed by atoms with Gasteiger partial charge in [-0.15, -0.1) is 23.7 Å². The largest absolute Gasteiger partial charge is 0.326 e. The molecule has 1 fully saturated rings. The van der Waals surface area contributed by atoms with Gasteiger partial charge in [0.25, 0.3) is 0 Å². The van der Waals surface area contributed by atoms with Crippen molar-refractivity contribution in [1.82, 2.24) is 10.3 Å². The molecule has 1 aliphatic heterocycles. The highest BCUT2D eigenvalue weighted by atomic mass is 35.5. The molecule has 0 bridgehead atoms. The minimum atomic E-state index is 0. The van der Waals surface area contributed by atoms with Crippen LogP contribution in [0.5, 0.6) is 0 Å². The molecule has 0 saturated carbocycles. The van der Waals surface area contributed by atoms with Crippen molar-refractivity contribution >= 4 is 47.1 Å². The van der Waals surface area contributed by atoms with Crippen molar-refractivity contribution in [3.8, 4) is 10.6 Å². The molecule has 2 heterocycles. The van der Waals surface area contributed by atoms with Gasteiger partial charge in [-0.1, -0.05) is 12.1 Å². The first-order valence-electron chi connectivity index (χ1n) is 6.92. The quantitative estimate of drug-likeness (QED) is 0.883. The lowest BCUT2D eigenvalue weighted by atomic mass is 10.2. The van der Waals surface area contributed by atoms with E-state index in [0.29, 0.717) is 6.42 Å². The Morgan fingerprint density at radius 1 is 1.45 bits per heavy atom. The van der Waals surface area contributed by atoms with Crippen LogP contribution in [-0.2, 0) is 4.79 Å². The van der Waals surface area contributed by atoms with Crippen LogP contribution in [0.1, 0.15) is 6.42 Å². The number of thiazole rings is 1. The highest BCUT2D eigenvalue weighted by molar-refractivity contribution is 7.99. The second kappa shape index (κ2) is 8.53. The Morgan fingerprint density at radius 3 is 3.09 bits per heavy atom. The van der Waals surface area contributed by atoms with Crippen molar-refractivity contribution in [2.75, 3.05) is 23.4 Å². The Labute approximate surface area is 144 Å². The molecular weight excluding hydrogens is 338 g/mol. The molecule has 22 heavy (non-hydrogen) atoms. The third-order valence-corrected chi connectivity index (χ3v) is 5.21. The Morgan fingerprint density at radius 2 is 2.36 bits per heavy atom. The van der Waals surface area contributed by atoms with Crippen molar-refractivity contribution in [3.05, 3.63) is 35.8 Å². The summed E-state index contributed by atoms with van der Waals surface area (Å²) < 4.78 is 0. The van der Waals surface area contributed by atoms with Crippen molar-refractivity contribution < 1.29 is 4.79 Å². The zero-order valence-electron chi connectivity index (χ0n) is 12.0. The average Bonchev–Trinajstić information content (AvgIpc) is 3.02. The molecular formula is C15H18ClN3OS2. The number of halogens is 1. The number of thioether (sulfide) groups is 1. The van der Waals surface area contributed by atoms with Gasteiger partial charge < -0.3 is 10.6 Å². The molecule has 1 saturated heterocycles. The second-order valence-electron chi connectivity index (χ2n) is 4.90. The molecule has 118 valence electrons. The zero-order valence-corrected chi connectivity index (χ0v) is 14.4. The number of hydrogen-bond acceptors (Lipinski definition) is 5. The monoisotopic (exact) mass is 355 g/mol. The lowest BCUT2D eigenvalue weighted by Crippen LogP contribution is -2.39. The molecule has 0 radical (unpaired) electrons. The summed E-state index contributed by atoms with van der Waals surface area (Å²) in [5, 5.41) is 9.28. The van der Waals surface area contributed by atoms with Gasteiger partial charge in [0.05, 0.1) is 0 Å². The van der Waals surface area contributed by atoms with Gasteiger partial charge in [0.1, 0.15) is 5.01 Å². The summed E-state index contributed by atoms with van der Waals surface area (Å²) in [6, 6.07) is 8.12. The fourth-order valence-corrected chi connectivity index (χ4v) is 3.87. The van der Waals surface area contributed by atoms with Crippen LogP contribution in [-0.4, -0.2) is 35.0 Å². The number of aromatic nitrogens is 1. The summed E-state index contributed by atoms with van der Waals surface area (Å²) in [7, 11) is 0. The fourth-order valence-electron chi connectivity index (χ4n) is 2.28. The van der Waals surface area contributed by atoms with Crippen LogP contribution in [0.25, 0.3) is 10.6 Å². The highest BCUT2D eigenvalue weighted by Crippen LogP contribution is 2.24. The molecule has 1 amide bonds. The molecule has 1 aliphatic rings. The van der Waals surface area contributed by atoms with Gasteiger partial charge in [-0.3, -0.25) is 4.79 Å². The maximum absolute atomic E-state index is 12.1. The molecule has 0 spiro atoms. The summed E-state index contributed by atoms with van der Waals surface area (Å²) in [5.74, 6) is 2.20. The molecule has 1 unspecified atom stereocenters. The van der Waals surface area contributed by atoms with E-state index in [9.17, 15) is 4.79 Å². The van der Waals surface area contributed by atoms with Gasteiger partial charge in [0.2, 0.25) is 5.91 Å². The molecule has 7 heteroatoms. The van der Waals surface area contributed by atoms with Crippen molar-refractivity contribution in [1.29, 1.82) is 0 Å². The van der Waals surface area contributed by atoms with E-state index in [1.807, 2.05) is 41.4 Å². The van der Waals surface area contributed by atoms with Crippen molar-refractivity contribution in [2.45, 2.75) is 12.5 Å². The van der Waals surface area contributed by atoms with Crippen LogP contribution in [0.3, 0.4) is 0 Å². The fraction of sp³-hybridized carbons (Fsp3) is 0.333. The Kier molecular flexibility index (Phi) is 6.70. The normalized spacial score (nSPS) is 17.5. The standard InChI is InChI=1S/C15H17N3OS2.ClH/c19-14(9-13-10-20-6-4-16-13)18-12-3-1-2-11(8-12)15-17-5-7-21-15;/h1-3,5,7-8,13,16H,4,6,9-10H2,(H,18,19);1H. The minimum absolute atomic E-state index is 0. The number of rotatable bonds is 4.